The average Bonchev–Trinajstić information content (AvgIpc) is 3.13. The molecule has 1 aromatic heterocycles. The number of nitrogens with one attached hydrogen (secondary N) is 1. The van der Waals surface area contributed by atoms with E-state index < -0.39 is 10.8 Å². The van der Waals surface area contributed by atoms with Crippen LogP contribution >= 0.6 is 27.3 Å². The van der Waals surface area contributed by atoms with Crippen LogP contribution in [-0.4, -0.2) is 30.8 Å². The number of ether oxygens (including phenoxy) is 2. The Morgan fingerprint density at radius 3 is 2.79 bits per heavy atom. The van der Waals surface area contributed by atoms with Crippen molar-refractivity contribution in [3.05, 3.63) is 61.4 Å². The maximum absolute atomic E-state index is 12.4. The van der Waals surface area contributed by atoms with Crippen LogP contribution < -0.4 is 14.9 Å². The Bertz CT molecular complexity index is 1110. The van der Waals surface area contributed by atoms with Gasteiger partial charge in [-0.25, -0.2) is 5.43 Å². The van der Waals surface area contributed by atoms with Crippen LogP contribution in [0.5, 0.6) is 11.5 Å². The molecule has 0 fully saturated rings. The van der Waals surface area contributed by atoms with E-state index in [1.165, 1.54) is 29.7 Å². The number of hydrogen-bond acceptors (Lipinski definition) is 7. The summed E-state index contributed by atoms with van der Waals surface area (Å²) >= 11 is 4.68. The molecule has 8 nitrogen and oxygen atoms in total. The summed E-state index contributed by atoms with van der Waals surface area (Å²) in [6.07, 6.45) is 1.48. The second-order valence-corrected chi connectivity index (χ2v) is 7.68. The van der Waals surface area contributed by atoms with E-state index in [-0.39, 0.29) is 5.69 Å². The third kappa shape index (κ3) is 4.72. The number of methoxy groups -OCH3 is 1. The Morgan fingerprint density at radius 1 is 1.31 bits per heavy atom. The van der Waals surface area contributed by atoms with Crippen molar-refractivity contribution in [2.75, 3.05) is 13.7 Å². The van der Waals surface area contributed by atoms with Crippen LogP contribution in [0.3, 0.4) is 0 Å². The molecule has 150 valence electrons. The SMILES string of the molecule is CCOc1cc(Br)c(C=NNC(=O)c2cc3cc([N+](=O)[O-])ccc3s2)cc1OC. The van der Waals surface area contributed by atoms with Gasteiger partial charge < -0.3 is 9.47 Å². The van der Waals surface area contributed by atoms with E-state index in [0.29, 0.717) is 33.9 Å². The largest absolute Gasteiger partial charge is 0.493 e. The minimum absolute atomic E-state index is 0.0189. The Hall–Kier alpha value is -2.98. The number of halogens is 1. The number of hydrazone groups is 1. The molecule has 29 heavy (non-hydrogen) atoms. The van der Waals surface area contributed by atoms with Gasteiger partial charge in [-0.2, -0.15) is 5.10 Å². The first kappa shape index (κ1) is 20.7. The van der Waals surface area contributed by atoms with Crippen molar-refractivity contribution in [2.45, 2.75) is 6.92 Å². The van der Waals surface area contributed by atoms with Gasteiger partial charge in [0.1, 0.15) is 0 Å². The third-order valence-electron chi connectivity index (χ3n) is 3.89. The van der Waals surface area contributed by atoms with Crippen molar-refractivity contribution in [1.29, 1.82) is 0 Å². The van der Waals surface area contributed by atoms with Crippen LogP contribution in [0.25, 0.3) is 10.1 Å². The number of carbonyl (C=O) groups is 1. The third-order valence-corrected chi connectivity index (χ3v) is 5.69. The maximum Gasteiger partial charge on any atom is 0.281 e. The van der Waals surface area contributed by atoms with Crippen LogP contribution in [0.4, 0.5) is 5.69 Å². The van der Waals surface area contributed by atoms with E-state index in [9.17, 15) is 14.9 Å². The summed E-state index contributed by atoms with van der Waals surface area (Å²) in [5.41, 5.74) is 3.14. The highest BCUT2D eigenvalue weighted by Crippen LogP contribution is 2.33. The zero-order chi connectivity index (χ0) is 21.0. The zero-order valence-electron chi connectivity index (χ0n) is 15.5. The van der Waals surface area contributed by atoms with Crippen LogP contribution in [0.15, 0.2) is 46.0 Å². The lowest BCUT2D eigenvalue weighted by Crippen LogP contribution is -2.16. The summed E-state index contributed by atoms with van der Waals surface area (Å²) < 4.78 is 12.3. The summed E-state index contributed by atoms with van der Waals surface area (Å²) in [7, 11) is 1.54. The van der Waals surface area contributed by atoms with Gasteiger partial charge in [-0.3, -0.25) is 14.9 Å². The zero-order valence-corrected chi connectivity index (χ0v) is 17.9. The van der Waals surface area contributed by atoms with E-state index in [0.717, 1.165) is 9.17 Å². The second kappa shape index (κ2) is 9.01. The molecule has 0 saturated carbocycles. The lowest BCUT2D eigenvalue weighted by atomic mass is 10.2. The van der Waals surface area contributed by atoms with Gasteiger partial charge in [0.05, 0.1) is 29.7 Å². The molecule has 0 bridgehead atoms. The Balaban J connectivity index is 1.75. The van der Waals surface area contributed by atoms with Crippen molar-refractivity contribution in [3.63, 3.8) is 0 Å². The normalized spacial score (nSPS) is 11.0. The minimum atomic E-state index is -0.468. The smallest absolute Gasteiger partial charge is 0.281 e. The van der Waals surface area contributed by atoms with Gasteiger partial charge in [0, 0.05) is 32.3 Å². The van der Waals surface area contributed by atoms with E-state index >= 15 is 0 Å². The number of nitrogens with zero attached hydrogens (tertiary/aromatic N) is 2. The van der Waals surface area contributed by atoms with Gasteiger partial charge >= 0.3 is 0 Å². The molecule has 1 amide bonds. The molecule has 1 N–H and O–H groups in total. The lowest BCUT2D eigenvalue weighted by molar-refractivity contribution is -0.384. The summed E-state index contributed by atoms with van der Waals surface area (Å²) in [6.45, 7) is 2.38. The first-order valence-corrected chi connectivity index (χ1v) is 10.1. The van der Waals surface area contributed by atoms with Gasteiger partial charge in [-0.05, 0) is 47.1 Å². The highest BCUT2D eigenvalue weighted by Gasteiger charge is 2.13. The van der Waals surface area contributed by atoms with Gasteiger partial charge in [0.25, 0.3) is 11.6 Å². The number of benzene rings is 2. The molecule has 1 heterocycles. The number of carbonyl (C=O) groups excluding carboxylic acids is 1. The molecule has 3 rings (SSSR count). The first-order chi connectivity index (χ1) is 13.9. The number of hydrogen-bond donors (Lipinski definition) is 1. The van der Waals surface area contributed by atoms with Gasteiger partial charge in [-0.15, -0.1) is 11.3 Å². The number of amides is 1. The van der Waals surface area contributed by atoms with Crippen molar-refractivity contribution < 1.29 is 19.2 Å². The van der Waals surface area contributed by atoms with Gasteiger partial charge in [0.15, 0.2) is 11.5 Å². The fraction of sp³-hybridized carbons (Fsp3) is 0.158. The second-order valence-electron chi connectivity index (χ2n) is 5.75. The predicted molar refractivity (Wildman–Crippen MR) is 115 cm³/mol. The van der Waals surface area contributed by atoms with Crippen LogP contribution in [0.2, 0.25) is 0 Å². The van der Waals surface area contributed by atoms with Crippen molar-refractivity contribution in [1.82, 2.24) is 5.43 Å². The predicted octanol–water partition coefficient (Wildman–Crippen LogP) is 4.74. The van der Waals surface area contributed by atoms with Crippen molar-refractivity contribution >= 4 is 55.2 Å². The molecule has 0 atom stereocenters. The molecule has 0 aliphatic carbocycles. The topological polar surface area (TPSA) is 103 Å². The Kier molecular flexibility index (Phi) is 6.45. The minimum Gasteiger partial charge on any atom is -0.493 e. The molecule has 0 saturated heterocycles. The van der Waals surface area contributed by atoms with Crippen molar-refractivity contribution in [2.24, 2.45) is 5.10 Å². The summed E-state index contributed by atoms with van der Waals surface area (Å²) in [6, 6.07) is 9.59. The maximum atomic E-state index is 12.4. The fourth-order valence-electron chi connectivity index (χ4n) is 2.55. The Morgan fingerprint density at radius 2 is 2.10 bits per heavy atom. The highest BCUT2D eigenvalue weighted by atomic mass is 79.9. The molecular weight excluding hydrogens is 462 g/mol. The van der Waals surface area contributed by atoms with E-state index in [1.54, 1.807) is 31.4 Å². The average molecular weight is 478 g/mol. The standard InChI is InChI=1S/C19H16BrN3O5S/c1-3-28-16-9-14(20)12(7-15(16)27-2)10-21-22-19(24)18-8-11-6-13(23(25)26)4-5-17(11)29-18/h4-10H,3H2,1-2H3,(H,22,24). The molecule has 0 unspecified atom stereocenters. The van der Waals surface area contributed by atoms with E-state index in [1.807, 2.05) is 6.92 Å². The van der Waals surface area contributed by atoms with E-state index in [4.69, 9.17) is 9.47 Å². The number of fused-ring (bicyclic) bond motifs is 1. The van der Waals surface area contributed by atoms with Crippen LogP contribution in [-0.2, 0) is 0 Å². The lowest BCUT2D eigenvalue weighted by Gasteiger charge is -2.11. The summed E-state index contributed by atoms with van der Waals surface area (Å²) in [4.78, 5) is 23.2. The molecular formula is C19H16BrN3O5S. The summed E-state index contributed by atoms with van der Waals surface area (Å²) in [5, 5.41) is 15.5. The number of nitro groups is 1. The number of non-ortho nitro benzene ring substituents is 1. The number of thiophene rings is 1. The van der Waals surface area contributed by atoms with E-state index in [2.05, 4.69) is 26.5 Å². The quantitative estimate of drug-likeness (QED) is 0.300. The van der Waals surface area contributed by atoms with Crippen LogP contribution in [0.1, 0.15) is 22.2 Å². The molecule has 2 aromatic carbocycles. The molecule has 10 heteroatoms. The molecule has 0 aliphatic rings. The van der Waals surface area contributed by atoms with Gasteiger partial charge in [-0.1, -0.05) is 0 Å². The molecule has 0 radical (unpaired) electrons. The Labute approximate surface area is 178 Å². The van der Waals surface area contributed by atoms with Crippen LogP contribution in [0, 0.1) is 10.1 Å². The number of rotatable bonds is 7. The number of nitro benzene ring substituents is 1. The molecule has 0 spiro atoms. The fourth-order valence-corrected chi connectivity index (χ4v) is 3.91. The molecule has 0 aliphatic heterocycles. The monoisotopic (exact) mass is 477 g/mol. The molecule has 3 aromatic rings. The van der Waals surface area contributed by atoms with Gasteiger partial charge in [0.2, 0.25) is 0 Å². The first-order valence-electron chi connectivity index (χ1n) is 8.44. The van der Waals surface area contributed by atoms with Crippen molar-refractivity contribution in [3.8, 4) is 11.5 Å². The highest BCUT2D eigenvalue weighted by molar-refractivity contribution is 9.10. The summed E-state index contributed by atoms with van der Waals surface area (Å²) in [5.74, 6) is 0.746.